The number of hydrogen-bond acceptors (Lipinski definition) is 5. The fourth-order valence-electron chi connectivity index (χ4n) is 3.38. The van der Waals surface area contributed by atoms with Crippen LogP contribution in [0.3, 0.4) is 0 Å². The number of halogens is 6. The Balaban J connectivity index is 2.17. The first kappa shape index (κ1) is 19.8. The van der Waals surface area contributed by atoms with Crippen LogP contribution < -0.4 is 0 Å². The monoisotopic (exact) mass is 403 g/mol. The zero-order chi connectivity index (χ0) is 19.0. The van der Waals surface area contributed by atoms with Crippen LogP contribution in [0.5, 0.6) is 0 Å². The summed E-state index contributed by atoms with van der Waals surface area (Å²) in [6.07, 6.45) is -5.48. The van der Waals surface area contributed by atoms with Gasteiger partial charge in [-0.2, -0.15) is 35.9 Å². The van der Waals surface area contributed by atoms with E-state index >= 15 is 0 Å². The molecule has 0 bridgehead atoms. The highest BCUT2D eigenvalue weighted by atomic mass is 31.2. The van der Waals surface area contributed by atoms with Gasteiger partial charge in [-0.15, -0.1) is 0 Å². The lowest BCUT2D eigenvalue weighted by Crippen LogP contribution is -2.40. The van der Waals surface area contributed by atoms with E-state index in [1.807, 2.05) is 0 Å². The number of alkyl halides is 6. The molecule has 3 aliphatic rings. The number of amidine groups is 2. The molecule has 0 aliphatic carbocycles. The Morgan fingerprint density at radius 3 is 1.46 bits per heavy atom. The topological polar surface area (TPSA) is 43.6 Å². The van der Waals surface area contributed by atoms with Crippen LogP contribution in [-0.2, 0) is 0 Å². The van der Waals surface area contributed by atoms with Crippen molar-refractivity contribution in [3.05, 3.63) is 0 Å². The second-order valence-electron chi connectivity index (χ2n) is 6.52. The van der Waals surface area contributed by atoms with Crippen LogP contribution in [0, 0.1) is 0 Å². The number of aliphatic imine (C=N–C) groups is 1. The van der Waals surface area contributed by atoms with Gasteiger partial charge in [0.25, 0.3) is 0 Å². The van der Waals surface area contributed by atoms with E-state index in [2.05, 4.69) is 14.5 Å². The van der Waals surface area contributed by atoms with Gasteiger partial charge in [0.2, 0.25) is 19.2 Å². The highest BCUT2D eigenvalue weighted by molar-refractivity contribution is 7.61. The molecular weight excluding hydrogens is 383 g/mol. The Labute approximate surface area is 147 Å². The standard InChI is InChI=1S/C14H20F6N5P/c15-13(16,17)11-21-12(14(18,19)20)23-26(22-11,24-7-3-1-4-8-24)25-9-5-2-6-10-25/h1-10H2. The smallest absolute Gasteiger partial charge is 0.240 e. The molecule has 3 heterocycles. The minimum Gasteiger partial charge on any atom is -0.240 e. The van der Waals surface area contributed by atoms with Gasteiger partial charge < -0.3 is 0 Å². The van der Waals surface area contributed by atoms with Crippen molar-refractivity contribution in [2.75, 3.05) is 26.2 Å². The molecule has 12 heteroatoms. The highest BCUT2D eigenvalue weighted by Gasteiger charge is 2.49. The highest BCUT2D eigenvalue weighted by Crippen LogP contribution is 2.62. The Morgan fingerprint density at radius 1 is 0.654 bits per heavy atom. The zero-order valence-corrected chi connectivity index (χ0v) is 14.9. The Hall–Kier alpha value is -0.930. The molecule has 0 atom stereocenters. The van der Waals surface area contributed by atoms with Gasteiger partial charge in [-0.1, -0.05) is 12.8 Å². The van der Waals surface area contributed by atoms with E-state index in [4.69, 9.17) is 0 Å². The van der Waals surface area contributed by atoms with Gasteiger partial charge in [0, 0.05) is 26.2 Å². The lowest BCUT2D eigenvalue weighted by molar-refractivity contribution is -0.0634. The molecule has 0 spiro atoms. The van der Waals surface area contributed by atoms with Crippen molar-refractivity contribution in [2.24, 2.45) is 14.5 Å². The summed E-state index contributed by atoms with van der Waals surface area (Å²) in [4.78, 5) is 2.73. The Bertz CT molecular complexity index is 604. The third-order valence-electron chi connectivity index (χ3n) is 4.60. The van der Waals surface area contributed by atoms with Gasteiger partial charge in [-0.05, 0) is 25.7 Å². The predicted molar refractivity (Wildman–Crippen MR) is 87.2 cm³/mol. The van der Waals surface area contributed by atoms with Gasteiger partial charge >= 0.3 is 12.4 Å². The van der Waals surface area contributed by atoms with E-state index in [1.165, 1.54) is 0 Å². The molecule has 0 aromatic heterocycles. The molecule has 2 saturated heterocycles. The van der Waals surface area contributed by atoms with E-state index in [1.54, 1.807) is 9.34 Å². The average molecular weight is 403 g/mol. The van der Waals surface area contributed by atoms with Crippen LogP contribution in [0.2, 0.25) is 0 Å². The van der Waals surface area contributed by atoms with Crippen LogP contribution in [0.25, 0.3) is 0 Å². The number of hydrogen-bond donors (Lipinski definition) is 0. The van der Waals surface area contributed by atoms with Crippen LogP contribution >= 0.6 is 7.51 Å². The van der Waals surface area contributed by atoms with Gasteiger partial charge in [-0.25, -0.2) is 14.3 Å². The van der Waals surface area contributed by atoms with E-state index in [0.29, 0.717) is 51.9 Å². The lowest BCUT2D eigenvalue weighted by Gasteiger charge is -2.44. The molecule has 3 aliphatic heterocycles. The van der Waals surface area contributed by atoms with Gasteiger partial charge in [0.1, 0.15) is 0 Å². The molecule has 2 fully saturated rings. The first-order valence-electron chi connectivity index (χ1n) is 8.59. The number of nitrogens with zero attached hydrogens (tertiary/aromatic N) is 5. The maximum atomic E-state index is 13.3. The SMILES string of the molecule is FC(F)(F)C1=NC(C(F)(F)F)=NP(N2CCCCC2)(N2CCCCC2)=N1. The summed E-state index contributed by atoms with van der Waals surface area (Å²) in [5, 5.41) is 0. The normalized spacial score (nSPS) is 26.1. The molecule has 0 saturated carbocycles. The van der Waals surface area contributed by atoms with Gasteiger partial charge in [0.15, 0.2) is 0 Å². The minimum atomic E-state index is -5.05. The maximum absolute atomic E-state index is 13.3. The molecule has 0 aromatic rings. The second-order valence-corrected chi connectivity index (χ2v) is 9.12. The van der Waals surface area contributed by atoms with E-state index in [9.17, 15) is 26.3 Å². The Morgan fingerprint density at radius 2 is 1.08 bits per heavy atom. The summed E-state index contributed by atoms with van der Waals surface area (Å²) >= 11 is 0. The fraction of sp³-hybridized carbons (Fsp3) is 0.857. The van der Waals surface area contributed by atoms with Crippen molar-refractivity contribution in [1.82, 2.24) is 9.34 Å². The van der Waals surface area contributed by atoms with Crippen molar-refractivity contribution in [1.29, 1.82) is 0 Å². The fourth-order valence-corrected chi connectivity index (χ4v) is 6.76. The van der Waals surface area contributed by atoms with Crippen molar-refractivity contribution < 1.29 is 26.3 Å². The van der Waals surface area contributed by atoms with Crippen molar-refractivity contribution >= 4 is 19.2 Å². The van der Waals surface area contributed by atoms with Crippen LogP contribution in [-0.4, -0.2) is 59.5 Å². The molecule has 0 unspecified atom stereocenters. The quantitative estimate of drug-likeness (QED) is 0.489. The number of piperidine rings is 2. The Kier molecular flexibility index (Phi) is 5.52. The molecular formula is C14H20F6N5P. The summed E-state index contributed by atoms with van der Waals surface area (Å²) in [6, 6.07) is 0. The summed E-state index contributed by atoms with van der Waals surface area (Å²) in [5.41, 5.74) is 0. The largest absolute Gasteiger partial charge is 0.451 e. The molecule has 0 amide bonds. The first-order chi connectivity index (χ1) is 12.1. The molecule has 0 aromatic carbocycles. The van der Waals surface area contributed by atoms with Gasteiger partial charge in [-0.3, -0.25) is 0 Å². The molecule has 5 nitrogen and oxygen atoms in total. The predicted octanol–water partition coefficient (Wildman–Crippen LogP) is 4.84. The van der Waals surface area contributed by atoms with Crippen molar-refractivity contribution in [3.8, 4) is 0 Å². The summed E-state index contributed by atoms with van der Waals surface area (Å²) in [5.74, 6) is -3.44. The van der Waals surface area contributed by atoms with Crippen LogP contribution in [0.15, 0.2) is 14.5 Å². The minimum absolute atomic E-state index is 0.396. The van der Waals surface area contributed by atoms with Crippen LogP contribution in [0.4, 0.5) is 26.3 Å². The van der Waals surface area contributed by atoms with E-state index in [-0.39, 0.29) is 0 Å². The zero-order valence-electron chi connectivity index (χ0n) is 14.0. The molecule has 0 N–H and O–H groups in total. The van der Waals surface area contributed by atoms with Crippen molar-refractivity contribution in [3.63, 3.8) is 0 Å². The molecule has 26 heavy (non-hydrogen) atoms. The van der Waals surface area contributed by atoms with E-state index in [0.717, 1.165) is 12.8 Å². The molecule has 0 radical (unpaired) electrons. The summed E-state index contributed by atoms with van der Waals surface area (Å²) < 4.78 is 90.8. The average Bonchev–Trinajstić information content (AvgIpc) is 2.61. The summed E-state index contributed by atoms with van der Waals surface area (Å²) in [7, 11) is -3.54. The third-order valence-corrected chi connectivity index (χ3v) is 7.83. The van der Waals surface area contributed by atoms with Crippen LogP contribution in [0.1, 0.15) is 38.5 Å². The molecule has 3 rings (SSSR count). The van der Waals surface area contributed by atoms with Gasteiger partial charge in [0.05, 0.1) is 0 Å². The third kappa shape index (κ3) is 3.99. The number of rotatable bonds is 2. The van der Waals surface area contributed by atoms with E-state index < -0.39 is 31.5 Å². The second kappa shape index (κ2) is 7.24. The lowest BCUT2D eigenvalue weighted by atomic mass is 10.2. The molecule has 148 valence electrons. The first-order valence-corrected chi connectivity index (χ1v) is 10.2. The van der Waals surface area contributed by atoms with Crippen molar-refractivity contribution in [2.45, 2.75) is 50.9 Å². The maximum Gasteiger partial charge on any atom is 0.451 e. The summed E-state index contributed by atoms with van der Waals surface area (Å²) in [6.45, 7) is 1.59.